The fourth-order valence-corrected chi connectivity index (χ4v) is 2.44. The molecule has 20 heavy (non-hydrogen) atoms. The third-order valence-corrected chi connectivity index (χ3v) is 3.74. The monoisotopic (exact) mass is 302 g/mol. The molecule has 0 radical (unpaired) electrons. The minimum atomic E-state index is -0.461. The Balaban J connectivity index is 2.32. The van der Waals surface area contributed by atoms with Crippen molar-refractivity contribution in [2.45, 2.75) is 39.6 Å². The summed E-state index contributed by atoms with van der Waals surface area (Å²) in [5.41, 5.74) is 0.347. The molecule has 5 nitrogen and oxygen atoms in total. The van der Waals surface area contributed by atoms with Gasteiger partial charge in [-0.2, -0.15) is 11.8 Å². The Morgan fingerprint density at radius 1 is 1.45 bits per heavy atom. The van der Waals surface area contributed by atoms with Crippen molar-refractivity contribution in [2.75, 3.05) is 18.1 Å². The van der Waals surface area contributed by atoms with Gasteiger partial charge in [0.15, 0.2) is 0 Å². The average Bonchev–Trinajstić information content (AvgIpc) is 2.39. The first-order valence-electron chi connectivity index (χ1n) is 6.66. The number of thioether (sulfide) groups is 1. The molecule has 0 amide bonds. The van der Waals surface area contributed by atoms with Crippen LogP contribution in [0.3, 0.4) is 0 Å². The topological polar surface area (TPSA) is 61.8 Å². The predicted molar refractivity (Wildman–Crippen MR) is 77.3 cm³/mol. The van der Waals surface area contributed by atoms with Crippen LogP contribution in [0.5, 0.6) is 0 Å². The highest BCUT2D eigenvalue weighted by Gasteiger charge is 2.24. The molecule has 0 bridgehead atoms. The van der Waals surface area contributed by atoms with Gasteiger partial charge in [0.2, 0.25) is 6.29 Å². The van der Waals surface area contributed by atoms with Crippen molar-refractivity contribution in [2.24, 2.45) is 5.92 Å². The summed E-state index contributed by atoms with van der Waals surface area (Å²) < 4.78 is 15.7. The van der Waals surface area contributed by atoms with Crippen LogP contribution in [0.4, 0.5) is 0 Å². The fourth-order valence-electron chi connectivity index (χ4n) is 1.71. The van der Waals surface area contributed by atoms with Gasteiger partial charge >= 0.3 is 11.9 Å². The number of carbonyl (C=O) groups is 2. The lowest BCUT2D eigenvalue weighted by Gasteiger charge is -2.24. The summed E-state index contributed by atoms with van der Waals surface area (Å²) >= 11 is 1.70. The van der Waals surface area contributed by atoms with Crippen molar-refractivity contribution < 1.29 is 23.8 Å². The van der Waals surface area contributed by atoms with Gasteiger partial charge in [0.1, 0.15) is 6.10 Å². The number of ether oxygens (including phenoxy) is 3. The molecule has 0 saturated carbocycles. The van der Waals surface area contributed by atoms with Crippen LogP contribution in [0, 0.1) is 5.92 Å². The lowest BCUT2D eigenvalue weighted by Crippen LogP contribution is -2.32. The lowest BCUT2D eigenvalue weighted by molar-refractivity contribution is -0.179. The summed E-state index contributed by atoms with van der Waals surface area (Å²) in [4.78, 5) is 23.3. The third-order valence-electron chi connectivity index (χ3n) is 2.78. The zero-order valence-electron chi connectivity index (χ0n) is 12.2. The fraction of sp³-hybridized carbons (Fsp3) is 0.714. The molecule has 0 aromatic rings. The van der Waals surface area contributed by atoms with E-state index in [4.69, 9.17) is 14.2 Å². The van der Waals surface area contributed by atoms with Crippen molar-refractivity contribution >= 4 is 23.7 Å². The SMILES string of the molecule is C=C(C)C(=O)OC(C)C[C@H](C)C(=O)OC1CSCCO1. The Bertz CT molecular complexity index is 363. The van der Waals surface area contributed by atoms with Gasteiger partial charge in [-0.25, -0.2) is 4.79 Å². The van der Waals surface area contributed by atoms with Gasteiger partial charge in [-0.05, 0) is 20.3 Å². The smallest absolute Gasteiger partial charge is 0.333 e. The summed E-state index contributed by atoms with van der Waals surface area (Å²) in [5, 5.41) is 0. The van der Waals surface area contributed by atoms with E-state index < -0.39 is 12.3 Å². The molecule has 1 aliphatic rings. The van der Waals surface area contributed by atoms with Crippen LogP contribution in [0.1, 0.15) is 27.2 Å². The first-order valence-corrected chi connectivity index (χ1v) is 7.82. The van der Waals surface area contributed by atoms with E-state index in [1.165, 1.54) is 0 Å². The van der Waals surface area contributed by atoms with Crippen molar-refractivity contribution in [3.63, 3.8) is 0 Å². The van der Waals surface area contributed by atoms with E-state index in [0.29, 0.717) is 24.4 Å². The molecule has 114 valence electrons. The van der Waals surface area contributed by atoms with Crippen LogP contribution in [0.25, 0.3) is 0 Å². The highest BCUT2D eigenvalue weighted by molar-refractivity contribution is 7.99. The summed E-state index contributed by atoms with van der Waals surface area (Å²) in [7, 11) is 0. The maximum atomic E-state index is 11.9. The number of rotatable bonds is 6. The number of hydrogen-bond acceptors (Lipinski definition) is 6. The minimum Gasteiger partial charge on any atom is -0.459 e. The summed E-state index contributed by atoms with van der Waals surface area (Å²) in [5.74, 6) is 0.482. The van der Waals surface area contributed by atoms with Gasteiger partial charge in [0.25, 0.3) is 0 Å². The molecule has 1 saturated heterocycles. The summed E-state index contributed by atoms with van der Waals surface area (Å²) in [6, 6.07) is 0. The third kappa shape index (κ3) is 5.96. The molecule has 0 aromatic carbocycles. The van der Waals surface area contributed by atoms with Gasteiger partial charge in [0.05, 0.1) is 18.3 Å². The van der Waals surface area contributed by atoms with Crippen LogP contribution < -0.4 is 0 Å². The predicted octanol–water partition coefficient (Wildman–Crippen LogP) is 2.15. The van der Waals surface area contributed by atoms with Crippen molar-refractivity contribution in [3.05, 3.63) is 12.2 Å². The molecule has 3 atom stereocenters. The molecule has 0 aliphatic carbocycles. The molecular weight excluding hydrogens is 280 g/mol. The van der Waals surface area contributed by atoms with Gasteiger partial charge in [-0.15, -0.1) is 0 Å². The number of hydrogen-bond donors (Lipinski definition) is 0. The van der Waals surface area contributed by atoms with Crippen LogP contribution in [-0.4, -0.2) is 42.4 Å². The minimum absolute atomic E-state index is 0.323. The number of carbonyl (C=O) groups excluding carboxylic acids is 2. The number of esters is 2. The Morgan fingerprint density at radius 3 is 2.70 bits per heavy atom. The molecule has 1 rings (SSSR count). The van der Waals surface area contributed by atoms with E-state index in [-0.39, 0.29) is 18.0 Å². The molecule has 0 spiro atoms. The molecule has 0 N–H and O–H groups in total. The normalized spacial score (nSPS) is 21.6. The van der Waals surface area contributed by atoms with Gasteiger partial charge in [-0.1, -0.05) is 13.5 Å². The van der Waals surface area contributed by atoms with E-state index in [2.05, 4.69) is 6.58 Å². The van der Waals surface area contributed by atoms with Crippen molar-refractivity contribution in [1.29, 1.82) is 0 Å². The standard InChI is InChI=1S/C14H22O5S/c1-9(2)13(15)18-11(4)7-10(3)14(16)19-12-8-20-6-5-17-12/h10-12H,1,5-8H2,2-4H3/t10-,11?,12?/m0/s1. The van der Waals surface area contributed by atoms with E-state index in [1.54, 1.807) is 32.5 Å². The first-order chi connectivity index (χ1) is 9.40. The Hall–Kier alpha value is -1.01. The van der Waals surface area contributed by atoms with Gasteiger partial charge < -0.3 is 14.2 Å². The van der Waals surface area contributed by atoms with E-state index in [1.807, 2.05) is 0 Å². The average molecular weight is 302 g/mol. The zero-order chi connectivity index (χ0) is 15.1. The molecule has 6 heteroatoms. The zero-order valence-corrected chi connectivity index (χ0v) is 13.0. The highest BCUT2D eigenvalue weighted by atomic mass is 32.2. The van der Waals surface area contributed by atoms with Crippen molar-refractivity contribution in [3.8, 4) is 0 Å². The van der Waals surface area contributed by atoms with Crippen LogP contribution in [0.15, 0.2) is 12.2 Å². The van der Waals surface area contributed by atoms with Crippen LogP contribution in [0.2, 0.25) is 0 Å². The van der Waals surface area contributed by atoms with E-state index >= 15 is 0 Å². The Kier molecular flexibility index (Phi) is 7.09. The van der Waals surface area contributed by atoms with Crippen LogP contribution in [-0.2, 0) is 23.8 Å². The maximum absolute atomic E-state index is 11.9. The lowest BCUT2D eigenvalue weighted by atomic mass is 10.0. The second-order valence-corrected chi connectivity index (χ2v) is 6.09. The molecular formula is C14H22O5S. The van der Waals surface area contributed by atoms with Crippen molar-refractivity contribution in [1.82, 2.24) is 0 Å². The second kappa shape index (κ2) is 8.32. The maximum Gasteiger partial charge on any atom is 0.333 e. The first kappa shape index (κ1) is 17.0. The summed E-state index contributed by atoms with van der Waals surface area (Å²) in [6.07, 6.45) is -0.405. The van der Waals surface area contributed by atoms with Crippen LogP contribution >= 0.6 is 11.8 Å². The summed E-state index contributed by atoms with van der Waals surface area (Å²) in [6.45, 7) is 9.20. The van der Waals surface area contributed by atoms with Gasteiger partial charge in [-0.3, -0.25) is 4.79 Å². The Morgan fingerprint density at radius 2 is 2.15 bits per heavy atom. The second-order valence-electron chi connectivity index (χ2n) is 4.95. The largest absolute Gasteiger partial charge is 0.459 e. The molecule has 2 unspecified atom stereocenters. The molecule has 0 aromatic heterocycles. The molecule has 1 heterocycles. The quantitative estimate of drug-likeness (QED) is 0.553. The van der Waals surface area contributed by atoms with E-state index in [9.17, 15) is 9.59 Å². The highest BCUT2D eigenvalue weighted by Crippen LogP contribution is 2.17. The van der Waals surface area contributed by atoms with Gasteiger partial charge in [0, 0.05) is 11.3 Å². The molecule has 1 aliphatic heterocycles. The molecule has 1 fully saturated rings. The Labute approximate surface area is 124 Å². The van der Waals surface area contributed by atoms with E-state index in [0.717, 1.165) is 5.75 Å².